The molecular weight excluding hydrogens is 94.0 g/mol. The highest BCUT2D eigenvalue weighted by Crippen LogP contribution is 1.61. The zero-order valence-electron chi connectivity index (χ0n) is 4.05. The Morgan fingerprint density at radius 2 is 2.29 bits per heavy atom. The van der Waals surface area contributed by atoms with Crippen LogP contribution in [-0.2, 0) is 4.74 Å². The van der Waals surface area contributed by atoms with Crippen LogP contribution in [0.2, 0.25) is 0 Å². The summed E-state index contributed by atoms with van der Waals surface area (Å²) in [7, 11) is 0. The number of aliphatic hydroxyl groups excluding tert-OH is 1. The SMILES string of the molecule is C#COCCO.N. The molecule has 0 aromatic rings. The van der Waals surface area contributed by atoms with Gasteiger partial charge in [0.1, 0.15) is 12.7 Å². The zero-order chi connectivity index (χ0) is 4.83. The maximum absolute atomic E-state index is 7.98. The van der Waals surface area contributed by atoms with Gasteiger partial charge in [0.2, 0.25) is 0 Å². The summed E-state index contributed by atoms with van der Waals surface area (Å²) in [5.74, 6) is 0. The maximum Gasteiger partial charge on any atom is 0.123 e. The van der Waals surface area contributed by atoms with E-state index >= 15 is 0 Å². The molecule has 0 bridgehead atoms. The van der Waals surface area contributed by atoms with Crippen LogP contribution < -0.4 is 6.15 Å². The summed E-state index contributed by atoms with van der Waals surface area (Å²) in [5, 5.41) is 7.98. The Hall–Kier alpha value is -0.720. The van der Waals surface area contributed by atoms with E-state index in [1.54, 1.807) is 0 Å². The van der Waals surface area contributed by atoms with Gasteiger partial charge in [-0.2, -0.15) is 0 Å². The van der Waals surface area contributed by atoms with Crippen molar-refractivity contribution in [3.05, 3.63) is 0 Å². The molecule has 0 aliphatic carbocycles. The fourth-order valence-corrected chi connectivity index (χ4v) is 0.105. The quantitative estimate of drug-likeness (QED) is 0.374. The molecule has 0 aromatic heterocycles. The van der Waals surface area contributed by atoms with Gasteiger partial charge in [0.05, 0.1) is 6.61 Å². The van der Waals surface area contributed by atoms with Crippen LogP contribution in [0.5, 0.6) is 0 Å². The lowest BCUT2D eigenvalue weighted by atomic mass is 10.8. The lowest BCUT2D eigenvalue weighted by molar-refractivity contribution is 0.181. The van der Waals surface area contributed by atoms with Crippen molar-refractivity contribution in [2.24, 2.45) is 0 Å². The predicted octanol–water partition coefficient (Wildman–Crippen LogP) is -0.252. The van der Waals surface area contributed by atoms with Gasteiger partial charge in [-0.05, 0) is 0 Å². The molecule has 0 amide bonds. The first-order chi connectivity index (χ1) is 2.91. The highest BCUT2D eigenvalue weighted by Gasteiger charge is 1.70. The fourth-order valence-electron chi connectivity index (χ4n) is 0.105. The Labute approximate surface area is 42.9 Å². The van der Waals surface area contributed by atoms with Crippen molar-refractivity contribution in [1.29, 1.82) is 0 Å². The lowest BCUT2D eigenvalue weighted by Crippen LogP contribution is -1.91. The maximum atomic E-state index is 7.98. The van der Waals surface area contributed by atoms with E-state index in [1.807, 2.05) is 6.11 Å². The van der Waals surface area contributed by atoms with Gasteiger partial charge in [0, 0.05) is 0 Å². The molecule has 0 aliphatic heterocycles. The van der Waals surface area contributed by atoms with Crippen LogP contribution in [0.15, 0.2) is 0 Å². The monoisotopic (exact) mass is 103 g/mol. The molecule has 0 rings (SSSR count). The van der Waals surface area contributed by atoms with E-state index < -0.39 is 0 Å². The Bertz CT molecular complexity index is 57.2. The highest BCUT2D eigenvalue weighted by molar-refractivity contribution is 4.67. The summed E-state index contributed by atoms with van der Waals surface area (Å²) in [6, 6.07) is 0. The summed E-state index contributed by atoms with van der Waals surface area (Å²) >= 11 is 0. The Morgan fingerprint density at radius 3 is 2.43 bits per heavy atom. The van der Waals surface area contributed by atoms with Crippen LogP contribution in [0.25, 0.3) is 0 Å². The van der Waals surface area contributed by atoms with Crippen LogP contribution in [0.4, 0.5) is 0 Å². The molecule has 42 valence electrons. The number of ether oxygens (including phenoxy) is 1. The number of hydrogen-bond acceptors (Lipinski definition) is 3. The summed E-state index contributed by atoms with van der Waals surface area (Å²) in [6.45, 7) is 0.223. The van der Waals surface area contributed by atoms with E-state index in [4.69, 9.17) is 5.11 Å². The fraction of sp³-hybridized carbons (Fsp3) is 0.500. The summed E-state index contributed by atoms with van der Waals surface area (Å²) in [6.07, 6.45) is 6.54. The van der Waals surface area contributed by atoms with Gasteiger partial charge in [-0.25, -0.2) is 0 Å². The molecule has 0 heterocycles. The predicted molar refractivity (Wildman–Crippen MR) is 26.9 cm³/mol. The Balaban J connectivity index is 0. The van der Waals surface area contributed by atoms with Crippen molar-refractivity contribution in [3.63, 3.8) is 0 Å². The summed E-state index contributed by atoms with van der Waals surface area (Å²) < 4.78 is 4.26. The van der Waals surface area contributed by atoms with Gasteiger partial charge in [-0.3, -0.25) is 0 Å². The van der Waals surface area contributed by atoms with Crippen molar-refractivity contribution in [2.45, 2.75) is 0 Å². The summed E-state index contributed by atoms with van der Waals surface area (Å²) in [4.78, 5) is 0. The minimum Gasteiger partial charge on any atom is -0.444 e. The van der Waals surface area contributed by atoms with Crippen molar-refractivity contribution >= 4 is 0 Å². The van der Waals surface area contributed by atoms with E-state index in [-0.39, 0.29) is 19.4 Å². The van der Waals surface area contributed by atoms with Crippen molar-refractivity contribution < 1.29 is 9.84 Å². The normalized spacial score (nSPS) is 5.71. The Kier molecular flexibility index (Phi) is 12.3. The number of aliphatic hydroxyl groups is 1. The lowest BCUT2D eigenvalue weighted by Gasteiger charge is -1.86. The van der Waals surface area contributed by atoms with Gasteiger partial charge < -0.3 is 16.0 Å². The smallest absolute Gasteiger partial charge is 0.123 e. The number of hydrogen-bond donors (Lipinski definition) is 2. The molecule has 0 radical (unpaired) electrons. The Morgan fingerprint density at radius 1 is 1.71 bits per heavy atom. The molecule has 0 spiro atoms. The molecule has 7 heavy (non-hydrogen) atoms. The molecule has 0 unspecified atom stereocenters. The molecular formula is C4H9NO2. The van der Waals surface area contributed by atoms with E-state index in [2.05, 4.69) is 11.2 Å². The first-order valence-corrected chi connectivity index (χ1v) is 1.60. The highest BCUT2D eigenvalue weighted by atomic mass is 16.5. The number of terminal acetylenes is 1. The molecule has 0 fully saturated rings. The average molecular weight is 103 g/mol. The first-order valence-electron chi connectivity index (χ1n) is 1.60. The van der Waals surface area contributed by atoms with E-state index in [9.17, 15) is 0 Å². The van der Waals surface area contributed by atoms with Gasteiger partial charge in [-0.15, -0.1) is 0 Å². The standard InChI is InChI=1S/C4H6O2.H3N/c1-2-6-4-3-5;/h1,5H,3-4H2;1H3. The third kappa shape index (κ3) is 10.9. The van der Waals surface area contributed by atoms with Crippen LogP contribution in [-0.4, -0.2) is 18.3 Å². The zero-order valence-corrected chi connectivity index (χ0v) is 4.05. The molecule has 0 aromatic carbocycles. The molecule has 4 N–H and O–H groups in total. The molecule has 3 heteroatoms. The molecule has 0 aliphatic rings. The van der Waals surface area contributed by atoms with Crippen LogP contribution in [0.3, 0.4) is 0 Å². The molecule has 0 saturated heterocycles. The average Bonchev–Trinajstić information content (AvgIpc) is 1.61. The number of rotatable bonds is 2. The van der Waals surface area contributed by atoms with Crippen molar-refractivity contribution in [3.8, 4) is 12.5 Å². The van der Waals surface area contributed by atoms with E-state index in [1.165, 1.54) is 0 Å². The summed E-state index contributed by atoms with van der Waals surface area (Å²) in [5.41, 5.74) is 0. The third-order valence-corrected chi connectivity index (χ3v) is 0.277. The molecule has 0 saturated carbocycles. The topological polar surface area (TPSA) is 64.5 Å². The van der Waals surface area contributed by atoms with Crippen LogP contribution in [0.1, 0.15) is 0 Å². The minimum absolute atomic E-state index is 0. The minimum atomic E-state index is -0.00972. The van der Waals surface area contributed by atoms with Gasteiger partial charge in [0.15, 0.2) is 0 Å². The largest absolute Gasteiger partial charge is 0.444 e. The second-order valence-electron chi connectivity index (χ2n) is 0.690. The van der Waals surface area contributed by atoms with Crippen molar-refractivity contribution in [2.75, 3.05) is 13.2 Å². The van der Waals surface area contributed by atoms with E-state index in [0.717, 1.165) is 0 Å². The van der Waals surface area contributed by atoms with Gasteiger partial charge in [-0.1, -0.05) is 6.42 Å². The molecule has 0 atom stereocenters. The van der Waals surface area contributed by atoms with Gasteiger partial charge >= 0.3 is 0 Å². The molecule has 3 nitrogen and oxygen atoms in total. The van der Waals surface area contributed by atoms with Crippen LogP contribution >= 0.6 is 0 Å². The second-order valence-corrected chi connectivity index (χ2v) is 0.690. The van der Waals surface area contributed by atoms with Crippen LogP contribution in [0, 0.1) is 12.5 Å². The van der Waals surface area contributed by atoms with Gasteiger partial charge in [0.25, 0.3) is 0 Å². The van der Waals surface area contributed by atoms with E-state index in [0.29, 0.717) is 0 Å². The second kappa shape index (κ2) is 8.99. The third-order valence-electron chi connectivity index (χ3n) is 0.277. The first kappa shape index (κ1) is 9.56. The van der Waals surface area contributed by atoms with Crippen molar-refractivity contribution in [1.82, 2.24) is 6.15 Å².